The molecule has 0 saturated carbocycles. The second kappa shape index (κ2) is 42.2. The third-order valence-electron chi connectivity index (χ3n) is 22.1. The number of hydrogen-bond acceptors (Lipinski definition) is 20. The molecule has 0 N–H and O–H groups in total. The lowest BCUT2D eigenvalue weighted by Crippen LogP contribution is -3.00. The first kappa shape index (κ1) is 97.8. The van der Waals surface area contributed by atoms with Crippen LogP contribution in [0.4, 0.5) is 79.6 Å². The van der Waals surface area contributed by atoms with Crippen molar-refractivity contribution in [2.75, 3.05) is 228 Å². The summed E-state index contributed by atoms with van der Waals surface area (Å²) in [5.41, 5.74) is 25.8. The highest BCUT2D eigenvalue weighted by molar-refractivity contribution is 8.00. The molecule has 0 fully saturated rings. The highest BCUT2D eigenvalue weighted by atomic mass is 35.5. The first-order valence-corrected chi connectivity index (χ1v) is 46.7. The molecule has 2 aliphatic carbocycles. The van der Waals surface area contributed by atoms with Crippen molar-refractivity contribution in [3.63, 3.8) is 0 Å². The number of hydrogen-bond donors (Lipinski definition) is 0. The van der Waals surface area contributed by atoms with E-state index in [1.165, 1.54) is 106 Å². The Balaban J connectivity index is 0.000000148. The van der Waals surface area contributed by atoms with Gasteiger partial charge < -0.3 is 73.8 Å². The third kappa shape index (κ3) is 22.7. The number of carbonyl (C=O) groups excluding carboxylic acids is 2. The molecule has 668 valence electrons. The molecule has 18 nitrogen and oxygen atoms in total. The predicted molar refractivity (Wildman–Crippen MR) is 549 cm³/mol. The lowest BCUT2D eigenvalue weighted by Gasteiger charge is -2.32. The van der Waals surface area contributed by atoms with Crippen LogP contribution < -0.4 is 103 Å². The number of benzene rings is 12. The fourth-order valence-corrected chi connectivity index (χ4v) is 21.2. The molecule has 0 atom stereocenters. The van der Waals surface area contributed by atoms with E-state index in [0.29, 0.717) is 0 Å². The number of anilines is 14. The third-order valence-corrected chi connectivity index (χ3v) is 28.9. The lowest BCUT2D eigenvalue weighted by molar-refractivity contribution is -0.116. The van der Waals surface area contributed by atoms with Gasteiger partial charge in [0.25, 0.3) is 0 Å². The van der Waals surface area contributed by atoms with Crippen molar-refractivity contribution < 1.29 is 34.4 Å². The summed E-state index contributed by atoms with van der Waals surface area (Å²) in [6.45, 7) is 3.23. The maximum atomic E-state index is 12.3. The van der Waals surface area contributed by atoms with Gasteiger partial charge in [-0.25, -0.2) is 19.1 Å². The zero-order valence-corrected chi connectivity index (χ0v) is 84.8. The zero-order valence-electron chi connectivity index (χ0n) is 78.4. The molecule has 0 unspecified atom stereocenters. The van der Waals surface area contributed by atoms with Crippen LogP contribution in [0.5, 0.6) is 0 Å². The highest BCUT2D eigenvalue weighted by Crippen LogP contribution is 2.53. The quantitative estimate of drug-likeness (QED) is 0.0957. The van der Waals surface area contributed by atoms with E-state index in [2.05, 4.69) is 365 Å². The van der Waals surface area contributed by atoms with Crippen LogP contribution in [0.15, 0.2) is 258 Å². The number of carbonyl (C=O) groups is 2. The van der Waals surface area contributed by atoms with Gasteiger partial charge in [0, 0.05) is 275 Å². The summed E-state index contributed by atoms with van der Waals surface area (Å²) in [6.07, 6.45) is 2.08. The molecule has 6 heterocycles. The molecule has 0 saturated heterocycles. The van der Waals surface area contributed by atoms with E-state index in [0.717, 1.165) is 100 Å². The van der Waals surface area contributed by atoms with Gasteiger partial charge in [-0.05, 0) is 205 Å². The summed E-state index contributed by atoms with van der Waals surface area (Å²) in [4.78, 5) is 71.2. The van der Waals surface area contributed by atoms with E-state index in [4.69, 9.17) is 9.97 Å². The summed E-state index contributed by atoms with van der Waals surface area (Å²) in [7, 11) is 49.4. The molecule has 0 spiro atoms. The van der Waals surface area contributed by atoms with Gasteiger partial charge >= 0.3 is 0 Å². The minimum atomic E-state index is 0. The Kier molecular flexibility index (Phi) is 32.2. The van der Waals surface area contributed by atoms with Crippen molar-refractivity contribution in [2.24, 2.45) is 0 Å². The molecular weight excluding hydrogens is 1740 g/mol. The molecule has 128 heavy (non-hydrogen) atoms. The number of nitrogens with zero attached hydrogens (tertiary/aromatic N) is 16. The topological polar surface area (TPSA) is 105 Å². The molecule has 0 aromatic heterocycles. The van der Waals surface area contributed by atoms with E-state index in [-0.39, 0.29) is 36.6 Å². The van der Waals surface area contributed by atoms with E-state index < -0.39 is 0 Å². The summed E-state index contributed by atoms with van der Waals surface area (Å²) < 4.78 is 6.68. The first-order valence-electron chi connectivity index (χ1n) is 41.8. The van der Waals surface area contributed by atoms with Crippen LogP contribution in [0.1, 0.15) is 36.1 Å². The zero-order chi connectivity index (χ0) is 90.5. The number of rotatable bonds is 10. The van der Waals surface area contributed by atoms with Crippen molar-refractivity contribution >= 4 is 182 Å². The molecule has 2 amide bonds. The van der Waals surface area contributed by atoms with Gasteiger partial charge in [-0.3, -0.25) is 19.4 Å². The van der Waals surface area contributed by atoms with Gasteiger partial charge in [-0.2, -0.15) is 0 Å². The number of fused-ring (bicyclic) bond motifs is 12. The smallest absolute Gasteiger partial charge is 0.228 e. The fraction of sp³-hybridized carbons (Fsp3) is 0.275. The van der Waals surface area contributed by atoms with Crippen LogP contribution in [-0.2, 0) is 22.4 Å². The highest BCUT2D eigenvalue weighted by Gasteiger charge is 2.30. The van der Waals surface area contributed by atoms with Crippen LogP contribution in [0.2, 0.25) is 0 Å². The predicted octanol–water partition coefficient (Wildman–Crippen LogP) is 14.7. The molecular formula is C102H118Cl2N16O2S6. The Labute approximate surface area is 795 Å². The minimum Gasteiger partial charge on any atom is -1.00 e. The summed E-state index contributed by atoms with van der Waals surface area (Å²) in [5.74, 6) is 0.0611. The first-order chi connectivity index (χ1) is 59.9. The van der Waals surface area contributed by atoms with Crippen LogP contribution in [-0.4, -0.2) is 191 Å². The Morgan fingerprint density at radius 3 is 0.711 bits per heavy atom. The average molecular weight is 1860 g/mol. The Morgan fingerprint density at radius 1 is 0.273 bits per heavy atom. The number of halogens is 2. The fourth-order valence-electron chi connectivity index (χ4n) is 14.6. The standard InChI is InChI=1S/2C18H21N3OS.2C17H20N2S.2C16H18N3S.2ClH/c2*1-12(22)21-15-8-6-13(19(2)3)10-17(15)23-18-11-14(20(4)5)7-9-16(18)21;2*1-18(2)14-7-5-12-9-13-6-8-15(19(3)4)11-17(13)20-16(12)10-14;2*1-18(2)11-5-7-13-15(9-11)20-16-10-12(19(3)4)6-8-14(16)17-13;;/h2*6-11H,1-5H3;2*5-8,10-11H,9H2,1-4H3;2*5-10H,1-4H3;2*1H/q;;;;2*+1;;/p-2. The molecule has 18 rings (SSSR count). The second-order valence-corrected chi connectivity index (χ2v) is 40.5. The van der Waals surface area contributed by atoms with Crippen molar-refractivity contribution in [1.29, 1.82) is 0 Å². The minimum absolute atomic E-state index is 0. The molecule has 6 aliphatic heterocycles. The van der Waals surface area contributed by atoms with Gasteiger partial charge in [0.05, 0.1) is 64.3 Å². The van der Waals surface area contributed by atoms with E-state index in [1.807, 2.05) is 104 Å². The molecule has 8 aliphatic rings. The van der Waals surface area contributed by atoms with Crippen molar-refractivity contribution in [1.82, 2.24) is 19.1 Å². The van der Waals surface area contributed by atoms with Crippen molar-refractivity contribution in [3.05, 3.63) is 251 Å². The molecule has 10 aromatic carbocycles. The monoisotopic (exact) mass is 1860 g/mol. The van der Waals surface area contributed by atoms with Crippen molar-refractivity contribution in [2.45, 2.75) is 65.9 Å². The Morgan fingerprint density at radius 2 is 0.484 bits per heavy atom. The summed E-state index contributed by atoms with van der Waals surface area (Å²) in [6, 6.07) is 77.6. The van der Waals surface area contributed by atoms with Gasteiger partial charge in [0.2, 0.25) is 22.5 Å². The normalized spacial score (nSPS) is 11.9. The maximum Gasteiger partial charge on any atom is 0.228 e. The second-order valence-electron chi connectivity index (χ2n) is 34.0. The van der Waals surface area contributed by atoms with Gasteiger partial charge in [0.1, 0.15) is 28.2 Å². The number of aromatic nitrogens is 2. The number of amides is 2. The van der Waals surface area contributed by atoms with E-state index in [1.54, 1.807) is 69.8 Å². The Hall–Kier alpha value is -10.8. The van der Waals surface area contributed by atoms with Crippen LogP contribution in [0.25, 0.3) is 41.6 Å². The Bertz CT molecular complexity index is 5860. The van der Waals surface area contributed by atoms with Crippen LogP contribution in [0, 0.1) is 0 Å². The van der Waals surface area contributed by atoms with Gasteiger partial charge in [-0.1, -0.05) is 71.3 Å². The SMILES string of the molecule is CC(=O)N1c2ccc(N(C)C)cc2Sc2cc(N(C)C)ccc21.CC(=O)N1c2ccc(N(C)C)cc2Sc2cc(N(C)C)ccc21.CN(C)c1ccc2c(c1)Sc1cc(N(C)C)ccc1C2.CN(C)c1ccc2c(c1)Sc1cc(N(C)C)ccc1C2.CN(C)c1ccc2nc3ccc(=[N+](C)C)cc-3sc2c1.CN(C)c1ccc2nc3ccc(=[N+](C)C)cc-3sc2c1.[Cl-].[Cl-]. The summed E-state index contributed by atoms with van der Waals surface area (Å²) >= 11 is 10.8. The largest absolute Gasteiger partial charge is 1.00 e. The maximum absolute atomic E-state index is 12.3. The van der Waals surface area contributed by atoms with Gasteiger partial charge in [-0.15, -0.1) is 22.7 Å². The summed E-state index contributed by atoms with van der Waals surface area (Å²) in [5, 5.41) is 2.41. The molecule has 26 heteroatoms. The van der Waals surface area contributed by atoms with Crippen LogP contribution in [0.3, 0.4) is 0 Å². The average Bonchev–Trinajstić information content (AvgIpc) is 0.758. The van der Waals surface area contributed by atoms with E-state index in [9.17, 15) is 9.59 Å². The lowest BCUT2D eigenvalue weighted by atomic mass is 10.0. The van der Waals surface area contributed by atoms with Gasteiger partial charge in [0.15, 0.2) is 0 Å². The molecule has 10 aromatic rings. The van der Waals surface area contributed by atoms with E-state index >= 15 is 0 Å². The molecule has 0 bridgehead atoms. The van der Waals surface area contributed by atoms with Crippen molar-refractivity contribution in [3.8, 4) is 21.1 Å². The molecule has 0 radical (unpaired) electrons. The van der Waals surface area contributed by atoms with Crippen LogP contribution >= 0.6 is 69.7 Å².